The number of aliphatic hydroxyl groups excluding tert-OH is 1. The van der Waals surface area contributed by atoms with Crippen molar-refractivity contribution in [3.8, 4) is 0 Å². The van der Waals surface area contributed by atoms with Gasteiger partial charge in [-0.3, -0.25) is 4.90 Å². The van der Waals surface area contributed by atoms with Gasteiger partial charge in [0.2, 0.25) is 11.9 Å². The Morgan fingerprint density at radius 1 is 1.04 bits per heavy atom. The van der Waals surface area contributed by atoms with E-state index in [-0.39, 0.29) is 12.1 Å². The first-order valence-electron chi connectivity index (χ1n) is 10.1. The number of hydrogen-bond donors (Lipinski definition) is 4. The monoisotopic (exact) mass is 370 g/mol. The van der Waals surface area contributed by atoms with Gasteiger partial charge in [0, 0.05) is 6.04 Å². The summed E-state index contributed by atoms with van der Waals surface area (Å²) < 4.78 is 0. The topological polar surface area (TPSA) is 112 Å². The molecule has 3 aliphatic rings. The molecule has 1 aromatic carbocycles. The average molecular weight is 371 g/mol. The fourth-order valence-electron chi connectivity index (χ4n) is 4.70. The minimum absolute atomic E-state index is 0.161. The Morgan fingerprint density at radius 2 is 1.74 bits per heavy atom. The first-order valence-corrected chi connectivity index (χ1v) is 10.1. The molecule has 0 radical (unpaired) electrons. The number of hydrogen-bond acceptors (Lipinski definition) is 7. The highest BCUT2D eigenvalue weighted by atomic mass is 16.3. The highest BCUT2D eigenvalue weighted by Crippen LogP contribution is 2.42. The molecule has 0 amide bonds. The molecule has 0 aromatic heterocycles. The van der Waals surface area contributed by atoms with E-state index >= 15 is 0 Å². The predicted molar refractivity (Wildman–Crippen MR) is 110 cm³/mol. The largest absolute Gasteiger partial charge is 0.393 e. The van der Waals surface area contributed by atoms with Crippen LogP contribution in [0.3, 0.4) is 0 Å². The predicted octanol–water partition coefficient (Wildman–Crippen LogP) is 2.51. The number of para-hydroxylation sites is 2. The van der Waals surface area contributed by atoms with Crippen molar-refractivity contribution in [1.29, 1.82) is 0 Å². The third-order valence-corrected chi connectivity index (χ3v) is 6.05. The lowest BCUT2D eigenvalue weighted by molar-refractivity contribution is 0.126. The lowest BCUT2D eigenvalue weighted by atomic mass is 9.87. The van der Waals surface area contributed by atoms with Gasteiger partial charge in [-0.25, -0.2) is 4.99 Å². The summed E-state index contributed by atoms with van der Waals surface area (Å²) >= 11 is 0. The van der Waals surface area contributed by atoms with Gasteiger partial charge in [-0.05, 0) is 63.5 Å². The minimum Gasteiger partial charge on any atom is -0.393 e. The van der Waals surface area contributed by atoms with Gasteiger partial charge < -0.3 is 21.9 Å². The van der Waals surface area contributed by atoms with Crippen molar-refractivity contribution in [3.63, 3.8) is 0 Å². The van der Waals surface area contributed by atoms with Gasteiger partial charge >= 0.3 is 0 Å². The SMILES string of the molecule is NC1=NC2(CCCCC2)N(c2ccccc2NC2CCC(O)CC2)C(N)=N1. The third-order valence-electron chi connectivity index (χ3n) is 6.05. The molecule has 146 valence electrons. The lowest BCUT2D eigenvalue weighted by Gasteiger charge is -2.46. The Kier molecular flexibility index (Phi) is 4.95. The average Bonchev–Trinajstić information content (AvgIpc) is 2.65. The molecule has 2 aliphatic carbocycles. The molecule has 0 unspecified atom stereocenters. The van der Waals surface area contributed by atoms with E-state index in [0.717, 1.165) is 62.7 Å². The number of aliphatic imine (C=N–C) groups is 2. The molecule has 0 bridgehead atoms. The number of guanidine groups is 2. The van der Waals surface area contributed by atoms with E-state index in [1.54, 1.807) is 0 Å². The van der Waals surface area contributed by atoms with Crippen molar-refractivity contribution in [2.24, 2.45) is 21.5 Å². The van der Waals surface area contributed by atoms with Gasteiger partial charge in [0.25, 0.3) is 0 Å². The molecular formula is C20H30N6O. The van der Waals surface area contributed by atoms with Crippen LogP contribution in [0.4, 0.5) is 11.4 Å². The molecule has 0 atom stereocenters. The summed E-state index contributed by atoms with van der Waals surface area (Å²) in [6.07, 6.45) is 8.74. The zero-order valence-electron chi connectivity index (χ0n) is 15.8. The van der Waals surface area contributed by atoms with Gasteiger partial charge in [0.15, 0.2) is 0 Å². The van der Waals surface area contributed by atoms with Crippen LogP contribution < -0.4 is 21.7 Å². The fourth-order valence-corrected chi connectivity index (χ4v) is 4.70. The summed E-state index contributed by atoms with van der Waals surface area (Å²) in [5.41, 5.74) is 14.0. The summed E-state index contributed by atoms with van der Waals surface area (Å²) in [5, 5.41) is 13.5. The number of rotatable bonds is 3. The van der Waals surface area contributed by atoms with Crippen LogP contribution in [0.2, 0.25) is 0 Å². The Balaban J connectivity index is 1.66. The van der Waals surface area contributed by atoms with E-state index in [1.165, 1.54) is 6.42 Å². The summed E-state index contributed by atoms with van der Waals surface area (Å²) in [7, 11) is 0. The number of nitrogens with two attached hydrogens (primary N) is 2. The first kappa shape index (κ1) is 18.1. The molecular weight excluding hydrogens is 340 g/mol. The maximum Gasteiger partial charge on any atom is 0.220 e. The maximum atomic E-state index is 9.78. The smallest absolute Gasteiger partial charge is 0.220 e. The number of aliphatic hydroxyl groups is 1. The lowest BCUT2D eigenvalue weighted by Crippen LogP contribution is -2.58. The Hall–Kier alpha value is -2.28. The summed E-state index contributed by atoms with van der Waals surface area (Å²) in [4.78, 5) is 11.1. The molecule has 7 heteroatoms. The fraction of sp³-hybridized carbons (Fsp3) is 0.600. The molecule has 7 nitrogen and oxygen atoms in total. The van der Waals surface area contributed by atoms with Crippen molar-refractivity contribution in [1.82, 2.24) is 0 Å². The van der Waals surface area contributed by atoms with Crippen LogP contribution >= 0.6 is 0 Å². The zero-order valence-corrected chi connectivity index (χ0v) is 15.8. The Bertz CT molecular complexity index is 732. The van der Waals surface area contributed by atoms with E-state index in [0.29, 0.717) is 12.0 Å². The quantitative estimate of drug-likeness (QED) is 0.653. The standard InChI is InChI=1S/C20H30N6O/c21-18-24-19(22)26(20(25-18)12-4-1-5-13-20)17-7-3-2-6-16(17)23-14-8-10-15(27)11-9-14/h2-3,6-7,14-15,23,27H,1,4-5,8-13H2,(H4,21,22,24,25). The van der Waals surface area contributed by atoms with Crippen LogP contribution in [-0.4, -0.2) is 34.8 Å². The van der Waals surface area contributed by atoms with E-state index in [4.69, 9.17) is 16.5 Å². The van der Waals surface area contributed by atoms with Gasteiger partial charge in [0.1, 0.15) is 5.66 Å². The highest BCUT2D eigenvalue weighted by molar-refractivity contribution is 6.07. The molecule has 4 rings (SSSR count). The minimum atomic E-state index is -0.436. The molecule has 6 N–H and O–H groups in total. The maximum absolute atomic E-state index is 9.78. The van der Waals surface area contributed by atoms with Crippen molar-refractivity contribution < 1.29 is 5.11 Å². The zero-order chi connectivity index (χ0) is 18.9. The van der Waals surface area contributed by atoms with Crippen LogP contribution in [0.15, 0.2) is 34.3 Å². The molecule has 2 saturated carbocycles. The normalized spacial score (nSPS) is 27.8. The van der Waals surface area contributed by atoms with Gasteiger partial charge in [-0.1, -0.05) is 18.6 Å². The number of anilines is 2. The van der Waals surface area contributed by atoms with E-state index in [9.17, 15) is 5.11 Å². The van der Waals surface area contributed by atoms with Gasteiger partial charge in [-0.2, -0.15) is 4.99 Å². The molecule has 1 heterocycles. The molecule has 2 fully saturated rings. The second-order valence-electron chi connectivity index (χ2n) is 7.99. The molecule has 1 aromatic rings. The van der Waals surface area contributed by atoms with Crippen LogP contribution in [-0.2, 0) is 0 Å². The second kappa shape index (κ2) is 7.38. The van der Waals surface area contributed by atoms with Crippen molar-refractivity contribution in [2.75, 3.05) is 10.2 Å². The number of nitrogens with zero attached hydrogens (tertiary/aromatic N) is 3. The molecule has 0 saturated heterocycles. The van der Waals surface area contributed by atoms with Crippen LogP contribution in [0.25, 0.3) is 0 Å². The van der Waals surface area contributed by atoms with Crippen LogP contribution in [0.5, 0.6) is 0 Å². The van der Waals surface area contributed by atoms with E-state index < -0.39 is 5.66 Å². The molecule has 27 heavy (non-hydrogen) atoms. The molecule has 1 aliphatic heterocycles. The van der Waals surface area contributed by atoms with Crippen LogP contribution in [0, 0.1) is 0 Å². The third kappa shape index (κ3) is 3.60. The highest BCUT2D eigenvalue weighted by Gasteiger charge is 2.43. The van der Waals surface area contributed by atoms with Crippen molar-refractivity contribution in [2.45, 2.75) is 75.6 Å². The first-order chi connectivity index (χ1) is 13.1. The van der Waals surface area contributed by atoms with E-state index in [2.05, 4.69) is 27.3 Å². The van der Waals surface area contributed by atoms with Crippen molar-refractivity contribution >= 4 is 23.3 Å². The van der Waals surface area contributed by atoms with Crippen LogP contribution in [0.1, 0.15) is 57.8 Å². The Morgan fingerprint density at radius 3 is 2.48 bits per heavy atom. The van der Waals surface area contributed by atoms with Gasteiger partial charge in [0.05, 0.1) is 17.5 Å². The van der Waals surface area contributed by atoms with E-state index in [1.807, 2.05) is 12.1 Å². The summed E-state index contributed by atoms with van der Waals surface area (Å²) in [6, 6.07) is 8.58. The number of nitrogens with one attached hydrogen (secondary N) is 1. The summed E-state index contributed by atoms with van der Waals surface area (Å²) in [6.45, 7) is 0. The Labute approximate surface area is 160 Å². The molecule has 1 spiro atoms. The summed E-state index contributed by atoms with van der Waals surface area (Å²) in [5.74, 6) is 0.690. The number of benzene rings is 1. The second-order valence-corrected chi connectivity index (χ2v) is 7.99. The van der Waals surface area contributed by atoms with Gasteiger partial charge in [-0.15, -0.1) is 0 Å². The van der Waals surface area contributed by atoms with Crippen molar-refractivity contribution in [3.05, 3.63) is 24.3 Å².